The highest BCUT2D eigenvalue weighted by Gasteiger charge is 2.35. The van der Waals surface area contributed by atoms with Crippen LogP contribution in [0.15, 0.2) is 24.3 Å². The number of halogens is 2. The minimum Gasteiger partial charge on any atom is -0.309 e. The predicted molar refractivity (Wildman–Crippen MR) is 57.7 cm³/mol. The van der Waals surface area contributed by atoms with E-state index in [-0.39, 0.29) is 24.6 Å². The van der Waals surface area contributed by atoms with Gasteiger partial charge in [0.25, 0.3) is 0 Å². The zero-order valence-electron chi connectivity index (χ0n) is 8.32. The highest BCUT2D eigenvalue weighted by molar-refractivity contribution is 6.64. The molecule has 2 rings (SSSR count). The number of benzene rings is 1. The summed E-state index contributed by atoms with van der Waals surface area (Å²) in [6, 6.07) is 5.97. The lowest BCUT2D eigenvalue weighted by Crippen LogP contribution is -2.26. The molecule has 5 heteroatoms. The van der Waals surface area contributed by atoms with Crippen LogP contribution in [0.1, 0.15) is 6.42 Å². The Balaban J connectivity index is 2.27. The van der Waals surface area contributed by atoms with Crippen LogP contribution in [-0.4, -0.2) is 17.7 Å². The van der Waals surface area contributed by atoms with Crippen molar-refractivity contribution in [3.63, 3.8) is 0 Å². The van der Waals surface area contributed by atoms with Crippen molar-refractivity contribution in [2.75, 3.05) is 11.4 Å². The molecule has 0 aliphatic carbocycles. The number of hydrogen-bond acceptors (Lipinski definition) is 2. The lowest BCUT2D eigenvalue weighted by Gasteiger charge is -2.16. The first-order chi connectivity index (χ1) is 7.59. The van der Waals surface area contributed by atoms with Crippen LogP contribution in [0.3, 0.4) is 0 Å². The molecule has 1 aromatic rings. The second-order valence-corrected chi connectivity index (χ2v) is 4.03. The third-order valence-corrected chi connectivity index (χ3v) is 2.90. The summed E-state index contributed by atoms with van der Waals surface area (Å²) in [7, 11) is 0. The Bertz CT molecular complexity index is 449. The van der Waals surface area contributed by atoms with Gasteiger partial charge in [-0.2, -0.15) is 0 Å². The molecule has 0 saturated carbocycles. The maximum absolute atomic E-state index is 13.4. The molecule has 1 saturated heterocycles. The van der Waals surface area contributed by atoms with Gasteiger partial charge in [0.2, 0.25) is 11.1 Å². The molecule has 0 N–H and O–H groups in total. The average molecular weight is 242 g/mol. The van der Waals surface area contributed by atoms with Gasteiger partial charge >= 0.3 is 0 Å². The molecule has 0 radical (unpaired) electrons. The summed E-state index contributed by atoms with van der Waals surface area (Å²) >= 11 is 5.33. The van der Waals surface area contributed by atoms with Gasteiger partial charge in [-0.05, 0) is 23.7 Å². The number of nitrogens with zero attached hydrogens (tertiary/aromatic N) is 1. The lowest BCUT2D eigenvalue weighted by atomic mass is 10.1. The van der Waals surface area contributed by atoms with Crippen molar-refractivity contribution in [2.24, 2.45) is 5.92 Å². The Kier molecular flexibility index (Phi) is 2.92. The molecule has 0 spiro atoms. The zero-order valence-corrected chi connectivity index (χ0v) is 9.08. The Morgan fingerprint density at radius 3 is 2.69 bits per heavy atom. The fourth-order valence-electron chi connectivity index (χ4n) is 1.76. The Morgan fingerprint density at radius 2 is 2.12 bits per heavy atom. The van der Waals surface area contributed by atoms with Gasteiger partial charge in [0.15, 0.2) is 0 Å². The van der Waals surface area contributed by atoms with Crippen LogP contribution >= 0.6 is 11.6 Å². The number of hydrogen-bond donors (Lipinski definition) is 0. The molecule has 0 aromatic heterocycles. The average Bonchev–Trinajstić information content (AvgIpc) is 2.61. The van der Waals surface area contributed by atoms with E-state index >= 15 is 0 Å². The molecule has 3 nitrogen and oxygen atoms in total. The summed E-state index contributed by atoms with van der Waals surface area (Å²) in [5.41, 5.74) is 0.202. The molecule has 1 amide bonds. The quantitative estimate of drug-likeness (QED) is 0.742. The van der Waals surface area contributed by atoms with Gasteiger partial charge in [0.05, 0.1) is 11.6 Å². The monoisotopic (exact) mass is 241 g/mol. The van der Waals surface area contributed by atoms with E-state index in [0.29, 0.717) is 0 Å². The Hall–Kier alpha value is -1.42. The van der Waals surface area contributed by atoms with Crippen molar-refractivity contribution in [1.29, 1.82) is 0 Å². The maximum Gasteiger partial charge on any atom is 0.227 e. The van der Waals surface area contributed by atoms with Crippen LogP contribution in [0, 0.1) is 11.7 Å². The zero-order chi connectivity index (χ0) is 11.7. The first-order valence-electron chi connectivity index (χ1n) is 4.84. The van der Waals surface area contributed by atoms with Gasteiger partial charge in [-0.3, -0.25) is 9.59 Å². The molecular formula is C11H9ClFNO2. The van der Waals surface area contributed by atoms with Crippen molar-refractivity contribution in [3.05, 3.63) is 30.1 Å². The summed E-state index contributed by atoms with van der Waals surface area (Å²) < 4.78 is 13.4. The largest absolute Gasteiger partial charge is 0.309 e. The summed E-state index contributed by atoms with van der Waals surface area (Å²) in [6.07, 6.45) is 0.0522. The number of anilines is 1. The normalized spacial score (nSPS) is 20.2. The third-order valence-electron chi connectivity index (χ3n) is 2.59. The van der Waals surface area contributed by atoms with Crippen molar-refractivity contribution < 1.29 is 14.0 Å². The van der Waals surface area contributed by atoms with E-state index in [1.165, 1.54) is 17.0 Å². The summed E-state index contributed by atoms with van der Waals surface area (Å²) in [5, 5.41) is -0.549. The van der Waals surface area contributed by atoms with E-state index in [1.807, 2.05) is 0 Å². The Labute approximate surface area is 96.8 Å². The van der Waals surface area contributed by atoms with Gasteiger partial charge in [-0.25, -0.2) is 4.39 Å². The van der Waals surface area contributed by atoms with Crippen LogP contribution in [-0.2, 0) is 9.59 Å². The van der Waals surface area contributed by atoms with Crippen molar-refractivity contribution >= 4 is 28.4 Å². The van der Waals surface area contributed by atoms with E-state index in [4.69, 9.17) is 11.6 Å². The van der Waals surface area contributed by atoms with E-state index in [1.54, 1.807) is 12.1 Å². The van der Waals surface area contributed by atoms with Crippen LogP contribution < -0.4 is 4.90 Å². The predicted octanol–water partition coefficient (Wildman–Crippen LogP) is 1.94. The van der Waals surface area contributed by atoms with E-state index < -0.39 is 17.0 Å². The topological polar surface area (TPSA) is 37.4 Å². The van der Waals surface area contributed by atoms with Gasteiger partial charge in [0.1, 0.15) is 5.82 Å². The number of para-hydroxylation sites is 1. The molecule has 1 aliphatic heterocycles. The molecule has 0 bridgehead atoms. The van der Waals surface area contributed by atoms with Crippen LogP contribution in [0.4, 0.5) is 10.1 Å². The highest BCUT2D eigenvalue weighted by Crippen LogP contribution is 2.28. The van der Waals surface area contributed by atoms with Gasteiger partial charge in [-0.15, -0.1) is 0 Å². The fourth-order valence-corrected chi connectivity index (χ4v) is 1.91. The standard InChI is InChI=1S/C11H9ClFNO2/c12-11(16)7-5-10(15)14(6-7)9-4-2-1-3-8(9)13/h1-4,7H,5-6H2/t7-/m0/s1. The van der Waals surface area contributed by atoms with Gasteiger partial charge < -0.3 is 4.90 Å². The van der Waals surface area contributed by atoms with Crippen LogP contribution in [0.5, 0.6) is 0 Å². The van der Waals surface area contributed by atoms with Crippen LogP contribution in [0.25, 0.3) is 0 Å². The first-order valence-corrected chi connectivity index (χ1v) is 5.21. The SMILES string of the molecule is O=C(Cl)[C@H]1CC(=O)N(c2ccccc2F)C1. The first kappa shape index (κ1) is 11.1. The van der Waals surface area contributed by atoms with E-state index in [2.05, 4.69) is 0 Å². The van der Waals surface area contributed by atoms with Crippen molar-refractivity contribution in [3.8, 4) is 0 Å². The molecule has 1 aromatic carbocycles. The second-order valence-electron chi connectivity index (χ2n) is 3.66. The number of carbonyl (C=O) groups excluding carboxylic acids is 2. The number of rotatable bonds is 2. The summed E-state index contributed by atoms with van der Waals surface area (Å²) in [5.74, 6) is -1.28. The summed E-state index contributed by atoms with van der Waals surface area (Å²) in [4.78, 5) is 23.8. The smallest absolute Gasteiger partial charge is 0.227 e. The lowest BCUT2D eigenvalue weighted by molar-refractivity contribution is -0.120. The van der Waals surface area contributed by atoms with E-state index in [0.717, 1.165) is 0 Å². The minimum absolute atomic E-state index is 0.0522. The van der Waals surface area contributed by atoms with Gasteiger partial charge in [0, 0.05) is 13.0 Å². The molecule has 1 fully saturated rings. The second kappa shape index (κ2) is 4.22. The number of amides is 1. The minimum atomic E-state index is -0.549. The molecule has 16 heavy (non-hydrogen) atoms. The number of carbonyl (C=O) groups is 2. The van der Waals surface area contributed by atoms with Crippen molar-refractivity contribution in [1.82, 2.24) is 0 Å². The van der Waals surface area contributed by atoms with E-state index in [9.17, 15) is 14.0 Å². The molecule has 84 valence electrons. The molecule has 0 unspecified atom stereocenters. The summed E-state index contributed by atoms with van der Waals surface area (Å²) in [6.45, 7) is 0.155. The molecular weight excluding hydrogens is 233 g/mol. The molecule has 1 heterocycles. The maximum atomic E-state index is 13.4. The Morgan fingerprint density at radius 1 is 1.44 bits per heavy atom. The molecule has 1 atom stereocenters. The highest BCUT2D eigenvalue weighted by atomic mass is 35.5. The fraction of sp³-hybridized carbons (Fsp3) is 0.273. The van der Waals surface area contributed by atoms with Gasteiger partial charge in [-0.1, -0.05) is 12.1 Å². The molecule has 1 aliphatic rings. The third kappa shape index (κ3) is 1.93. The van der Waals surface area contributed by atoms with Crippen LogP contribution in [0.2, 0.25) is 0 Å². The van der Waals surface area contributed by atoms with Crippen molar-refractivity contribution in [2.45, 2.75) is 6.42 Å².